The van der Waals surface area contributed by atoms with Crippen molar-refractivity contribution in [2.24, 2.45) is 0 Å². The van der Waals surface area contributed by atoms with Crippen molar-refractivity contribution in [3.8, 4) is 0 Å². The second kappa shape index (κ2) is 8.61. The molecule has 0 aromatic heterocycles. The number of rotatable bonds is 7. The Morgan fingerprint density at radius 3 is 2.21 bits per heavy atom. The number of sulfonamides is 1. The Hall–Kier alpha value is -2.60. The molecule has 1 amide bonds. The maximum Gasteiger partial charge on any atom is 0.251 e. The lowest BCUT2D eigenvalue weighted by Crippen LogP contribution is -2.30. The molecular formula is C22H28N2O3S. The van der Waals surface area contributed by atoms with Gasteiger partial charge in [-0.15, -0.1) is 6.58 Å². The molecule has 2 aromatic rings. The Morgan fingerprint density at radius 2 is 1.68 bits per heavy atom. The average Bonchev–Trinajstić information content (AvgIpc) is 2.61. The van der Waals surface area contributed by atoms with Crippen LogP contribution in [0.5, 0.6) is 0 Å². The fraction of sp³-hybridized carbons (Fsp3) is 0.318. The first-order valence-electron chi connectivity index (χ1n) is 9.12. The van der Waals surface area contributed by atoms with Crippen molar-refractivity contribution in [3.05, 3.63) is 76.9 Å². The summed E-state index contributed by atoms with van der Waals surface area (Å²) in [6, 6.07) is 10.6. The first kappa shape index (κ1) is 21.7. The van der Waals surface area contributed by atoms with E-state index in [1.54, 1.807) is 24.3 Å². The number of carbonyl (C=O) groups is 1. The molecule has 0 radical (unpaired) electrons. The monoisotopic (exact) mass is 400 g/mol. The normalized spacial score (nSPS) is 12.3. The molecule has 0 spiro atoms. The highest BCUT2D eigenvalue weighted by molar-refractivity contribution is 7.92. The van der Waals surface area contributed by atoms with Gasteiger partial charge in [0.05, 0.1) is 24.5 Å². The SMILES string of the molecule is C=CCN(c1ccc(C(=O)N[C@@H](C)c2cc(C)c(C)cc2C)cc1)S(C)(=O)=O. The largest absolute Gasteiger partial charge is 0.346 e. The zero-order valence-corrected chi connectivity index (χ0v) is 17.9. The van der Waals surface area contributed by atoms with E-state index < -0.39 is 10.0 Å². The zero-order valence-electron chi connectivity index (χ0n) is 17.1. The molecule has 0 aliphatic carbocycles. The summed E-state index contributed by atoms with van der Waals surface area (Å²) in [5.41, 5.74) is 5.61. The number of anilines is 1. The summed E-state index contributed by atoms with van der Waals surface area (Å²) in [5, 5.41) is 3.02. The third-order valence-electron chi connectivity index (χ3n) is 4.81. The van der Waals surface area contributed by atoms with Crippen LogP contribution < -0.4 is 9.62 Å². The van der Waals surface area contributed by atoms with Crippen LogP contribution in [0.1, 0.15) is 45.6 Å². The van der Waals surface area contributed by atoms with Crippen LogP contribution >= 0.6 is 0 Å². The molecule has 0 aliphatic rings. The first-order valence-corrected chi connectivity index (χ1v) is 11.0. The molecule has 1 atom stereocenters. The number of benzene rings is 2. The molecule has 0 fully saturated rings. The van der Waals surface area contributed by atoms with Gasteiger partial charge in [-0.3, -0.25) is 9.10 Å². The highest BCUT2D eigenvalue weighted by Gasteiger charge is 2.18. The van der Waals surface area contributed by atoms with Crippen molar-refractivity contribution >= 4 is 21.6 Å². The Bertz CT molecular complexity index is 980. The predicted molar refractivity (Wildman–Crippen MR) is 115 cm³/mol. The maximum atomic E-state index is 12.6. The molecule has 0 heterocycles. The van der Waals surface area contributed by atoms with Gasteiger partial charge in [-0.1, -0.05) is 18.2 Å². The first-order chi connectivity index (χ1) is 13.0. The molecule has 2 aromatic carbocycles. The molecule has 0 bridgehead atoms. The Balaban J connectivity index is 2.19. The second-order valence-corrected chi connectivity index (χ2v) is 9.02. The highest BCUT2D eigenvalue weighted by atomic mass is 32.2. The lowest BCUT2D eigenvalue weighted by Gasteiger charge is -2.21. The highest BCUT2D eigenvalue weighted by Crippen LogP contribution is 2.23. The van der Waals surface area contributed by atoms with E-state index in [1.807, 2.05) is 13.8 Å². The number of hydrogen-bond acceptors (Lipinski definition) is 3. The number of nitrogens with zero attached hydrogens (tertiary/aromatic N) is 1. The molecule has 6 heteroatoms. The summed E-state index contributed by atoms with van der Waals surface area (Å²) in [6.07, 6.45) is 2.67. The fourth-order valence-corrected chi connectivity index (χ4v) is 4.02. The van der Waals surface area contributed by atoms with Gasteiger partial charge in [-0.25, -0.2) is 8.42 Å². The smallest absolute Gasteiger partial charge is 0.251 e. The lowest BCUT2D eigenvalue weighted by atomic mass is 9.96. The van der Waals surface area contributed by atoms with Crippen molar-refractivity contribution < 1.29 is 13.2 Å². The van der Waals surface area contributed by atoms with E-state index in [1.165, 1.54) is 21.5 Å². The van der Waals surface area contributed by atoms with E-state index in [-0.39, 0.29) is 18.5 Å². The van der Waals surface area contributed by atoms with Crippen LogP contribution in [0.3, 0.4) is 0 Å². The number of hydrogen-bond donors (Lipinski definition) is 1. The van der Waals surface area contributed by atoms with Crippen LogP contribution in [-0.4, -0.2) is 27.1 Å². The lowest BCUT2D eigenvalue weighted by molar-refractivity contribution is 0.0940. The molecule has 0 unspecified atom stereocenters. The molecule has 0 aliphatic heterocycles. The third-order valence-corrected chi connectivity index (χ3v) is 5.97. The Morgan fingerprint density at radius 1 is 1.11 bits per heavy atom. The van der Waals surface area contributed by atoms with Crippen molar-refractivity contribution in [3.63, 3.8) is 0 Å². The van der Waals surface area contributed by atoms with Gasteiger partial charge >= 0.3 is 0 Å². The summed E-state index contributed by atoms with van der Waals surface area (Å²) in [6.45, 7) is 11.9. The van der Waals surface area contributed by atoms with Crippen LogP contribution in [-0.2, 0) is 10.0 Å². The molecule has 5 nitrogen and oxygen atoms in total. The van der Waals surface area contributed by atoms with Gasteiger partial charge in [0, 0.05) is 5.56 Å². The van der Waals surface area contributed by atoms with Crippen LogP contribution in [0.4, 0.5) is 5.69 Å². The summed E-state index contributed by atoms with van der Waals surface area (Å²) in [5.74, 6) is -0.202. The van der Waals surface area contributed by atoms with Crippen LogP contribution in [0.15, 0.2) is 49.1 Å². The minimum atomic E-state index is -3.42. The van der Waals surface area contributed by atoms with Gasteiger partial charge in [0.2, 0.25) is 10.0 Å². The van der Waals surface area contributed by atoms with Crippen molar-refractivity contribution in [1.29, 1.82) is 0 Å². The van der Waals surface area contributed by atoms with Crippen molar-refractivity contribution in [2.75, 3.05) is 17.1 Å². The molecule has 28 heavy (non-hydrogen) atoms. The van der Waals surface area contributed by atoms with Gasteiger partial charge in [0.25, 0.3) is 5.91 Å². The predicted octanol–water partition coefficient (Wildman–Crippen LogP) is 4.05. The van der Waals surface area contributed by atoms with E-state index >= 15 is 0 Å². The molecule has 0 saturated carbocycles. The molecule has 150 valence electrons. The standard InChI is InChI=1S/C22H28N2O3S/c1-7-12-24(28(6,26)27)20-10-8-19(9-11-20)22(25)23-18(5)21-14-16(3)15(2)13-17(21)4/h7-11,13-14,18H,1,12H2,2-6H3,(H,23,25)/t18-/m0/s1. The van der Waals surface area contributed by atoms with Crippen molar-refractivity contribution in [2.45, 2.75) is 33.7 Å². The Labute approximate surface area is 168 Å². The second-order valence-electron chi connectivity index (χ2n) is 7.12. The third kappa shape index (κ3) is 5.01. The zero-order chi connectivity index (χ0) is 21.1. The molecule has 2 rings (SSSR count). The number of nitrogens with one attached hydrogen (secondary N) is 1. The maximum absolute atomic E-state index is 12.6. The van der Waals surface area contributed by atoms with Crippen molar-refractivity contribution in [1.82, 2.24) is 5.32 Å². The summed E-state index contributed by atoms with van der Waals surface area (Å²) in [4.78, 5) is 12.6. The number of aryl methyl sites for hydroxylation is 3. The van der Waals surface area contributed by atoms with Gasteiger partial charge in [-0.05, 0) is 74.2 Å². The summed E-state index contributed by atoms with van der Waals surface area (Å²) >= 11 is 0. The fourth-order valence-electron chi connectivity index (χ4n) is 3.14. The van der Waals surface area contributed by atoms with E-state index in [0.717, 1.165) is 17.4 Å². The van der Waals surface area contributed by atoms with Crippen LogP contribution in [0.2, 0.25) is 0 Å². The Kier molecular flexibility index (Phi) is 6.67. The summed E-state index contributed by atoms with van der Waals surface area (Å²) < 4.78 is 25.1. The van der Waals surface area contributed by atoms with Gasteiger partial charge < -0.3 is 5.32 Å². The minimum absolute atomic E-state index is 0.139. The number of carbonyl (C=O) groups excluding carboxylic acids is 1. The van der Waals surface area contributed by atoms with E-state index in [2.05, 4.69) is 37.9 Å². The van der Waals surface area contributed by atoms with E-state index in [4.69, 9.17) is 0 Å². The minimum Gasteiger partial charge on any atom is -0.346 e. The molecular weight excluding hydrogens is 372 g/mol. The van der Waals surface area contributed by atoms with Crippen LogP contribution in [0.25, 0.3) is 0 Å². The van der Waals surface area contributed by atoms with E-state index in [0.29, 0.717) is 11.3 Å². The van der Waals surface area contributed by atoms with E-state index in [9.17, 15) is 13.2 Å². The number of amides is 1. The summed E-state index contributed by atoms with van der Waals surface area (Å²) in [7, 11) is -3.42. The quantitative estimate of drug-likeness (QED) is 0.713. The van der Waals surface area contributed by atoms with Gasteiger partial charge in [0.15, 0.2) is 0 Å². The topological polar surface area (TPSA) is 66.5 Å². The molecule has 1 N–H and O–H groups in total. The van der Waals surface area contributed by atoms with Gasteiger partial charge in [0.1, 0.15) is 0 Å². The average molecular weight is 401 g/mol. The van der Waals surface area contributed by atoms with Crippen LogP contribution in [0, 0.1) is 20.8 Å². The molecule has 0 saturated heterocycles. The van der Waals surface area contributed by atoms with Gasteiger partial charge in [-0.2, -0.15) is 0 Å².